The van der Waals surface area contributed by atoms with Crippen molar-refractivity contribution in [3.63, 3.8) is 0 Å². The summed E-state index contributed by atoms with van der Waals surface area (Å²) < 4.78 is 1.97. The first-order valence-corrected chi connectivity index (χ1v) is 11.2. The number of thiazole rings is 1. The van der Waals surface area contributed by atoms with E-state index in [-0.39, 0.29) is 0 Å². The van der Waals surface area contributed by atoms with Gasteiger partial charge in [-0.15, -0.1) is 11.3 Å². The zero-order valence-electron chi connectivity index (χ0n) is 17.8. The first-order chi connectivity index (χ1) is 16.1. The third-order valence-electron chi connectivity index (χ3n) is 5.03. The molecule has 33 heavy (non-hydrogen) atoms. The van der Waals surface area contributed by atoms with Crippen molar-refractivity contribution in [3.8, 4) is 17.5 Å². The molecule has 4 aromatic heterocycles. The van der Waals surface area contributed by atoms with Crippen LogP contribution in [0, 0.1) is 11.8 Å². The van der Waals surface area contributed by atoms with Gasteiger partial charge in [0.2, 0.25) is 5.95 Å². The summed E-state index contributed by atoms with van der Waals surface area (Å²) in [7, 11) is 0. The predicted molar refractivity (Wildman–Crippen MR) is 129 cm³/mol. The second-order valence-corrected chi connectivity index (χ2v) is 8.45. The molecule has 0 saturated heterocycles. The Morgan fingerprint density at radius 1 is 1.09 bits per heavy atom. The number of fused-ring (bicyclic) bond motifs is 1. The molecular weight excluding hydrogens is 432 g/mol. The number of hydrogen-bond acceptors (Lipinski definition) is 7. The highest BCUT2D eigenvalue weighted by Gasteiger charge is 2.22. The van der Waals surface area contributed by atoms with E-state index in [1.165, 1.54) is 11.3 Å². The number of benzene rings is 1. The Morgan fingerprint density at radius 2 is 1.97 bits per heavy atom. The van der Waals surface area contributed by atoms with Gasteiger partial charge in [0.05, 0.1) is 5.69 Å². The van der Waals surface area contributed by atoms with Crippen molar-refractivity contribution in [2.75, 3.05) is 5.32 Å². The van der Waals surface area contributed by atoms with Crippen molar-refractivity contribution in [2.45, 2.75) is 19.1 Å². The highest BCUT2D eigenvalue weighted by Crippen LogP contribution is 2.22. The fourth-order valence-corrected chi connectivity index (χ4v) is 3.98. The summed E-state index contributed by atoms with van der Waals surface area (Å²) in [6, 6.07) is 15.8. The van der Waals surface area contributed by atoms with Crippen molar-refractivity contribution in [1.82, 2.24) is 24.5 Å². The number of hydrogen-bond donors (Lipinski definition) is 2. The van der Waals surface area contributed by atoms with Crippen LogP contribution in [-0.2, 0) is 12.1 Å². The zero-order valence-corrected chi connectivity index (χ0v) is 18.6. The number of aliphatic hydroxyl groups is 1. The molecule has 5 rings (SSSR count). The molecule has 0 radical (unpaired) electrons. The molecule has 1 aromatic carbocycles. The summed E-state index contributed by atoms with van der Waals surface area (Å²) in [5.41, 5.74) is 2.01. The van der Waals surface area contributed by atoms with E-state index < -0.39 is 5.60 Å². The molecule has 8 heteroatoms. The topological polar surface area (TPSA) is 88.8 Å². The number of aromatic nitrogens is 5. The predicted octanol–water partition coefficient (Wildman–Crippen LogP) is 4.14. The molecule has 4 heterocycles. The molecule has 0 amide bonds. The van der Waals surface area contributed by atoms with Gasteiger partial charge in [0.1, 0.15) is 16.3 Å². The Labute approximate surface area is 194 Å². The van der Waals surface area contributed by atoms with Gasteiger partial charge in [-0.2, -0.15) is 4.98 Å². The molecule has 0 aliphatic heterocycles. The maximum Gasteiger partial charge on any atom is 0.224 e. The number of nitrogens with one attached hydrogen (secondary N) is 1. The number of rotatable bonds is 5. The molecule has 0 fully saturated rings. The molecule has 1 atom stereocenters. The molecule has 0 aliphatic rings. The molecule has 0 spiro atoms. The van der Waals surface area contributed by atoms with Crippen LogP contribution < -0.4 is 5.32 Å². The minimum atomic E-state index is -1.33. The van der Waals surface area contributed by atoms with E-state index in [2.05, 4.69) is 44.2 Å². The van der Waals surface area contributed by atoms with Crippen molar-refractivity contribution in [2.24, 2.45) is 0 Å². The SMILES string of the molecule is CC(O)(C#Cc1cc(-n2ccc3cnc(NCc4ccccc4)nc32)ccn1)c1nccs1. The van der Waals surface area contributed by atoms with Gasteiger partial charge in [-0.05, 0) is 36.6 Å². The van der Waals surface area contributed by atoms with E-state index in [0.717, 1.165) is 22.3 Å². The Kier molecular flexibility index (Phi) is 5.57. The van der Waals surface area contributed by atoms with Crippen LogP contribution in [0.4, 0.5) is 5.95 Å². The Bertz CT molecular complexity index is 1450. The van der Waals surface area contributed by atoms with E-state index in [1.807, 2.05) is 52.5 Å². The molecular formula is C25H20N6OS. The summed E-state index contributed by atoms with van der Waals surface area (Å²) in [5, 5.41) is 17.2. The van der Waals surface area contributed by atoms with Crippen molar-refractivity contribution in [1.29, 1.82) is 0 Å². The fraction of sp³-hybridized carbons (Fsp3) is 0.120. The molecule has 0 aliphatic carbocycles. The van der Waals surface area contributed by atoms with Gasteiger partial charge in [-0.25, -0.2) is 15.0 Å². The zero-order chi connectivity index (χ0) is 22.7. The van der Waals surface area contributed by atoms with Gasteiger partial charge in [0, 0.05) is 42.1 Å². The van der Waals surface area contributed by atoms with Gasteiger partial charge in [-0.1, -0.05) is 36.3 Å². The molecule has 162 valence electrons. The molecule has 0 saturated carbocycles. The van der Waals surface area contributed by atoms with Crippen LogP contribution in [0.25, 0.3) is 16.7 Å². The standard InChI is InChI=1S/C25H20N6OS/c1-25(32,23-27-12-14-33-23)10-7-20-15-21(8-11-26-20)31-13-9-19-17-29-24(30-22(19)31)28-16-18-5-3-2-4-6-18/h2-6,8-9,11-15,17,32H,16H2,1H3,(H,28,29,30). The van der Waals surface area contributed by atoms with E-state index >= 15 is 0 Å². The van der Waals surface area contributed by atoms with Gasteiger partial charge in [-0.3, -0.25) is 0 Å². The Hall–Kier alpha value is -4.06. The largest absolute Gasteiger partial charge is 0.371 e. The molecule has 5 aromatic rings. The Morgan fingerprint density at radius 3 is 2.79 bits per heavy atom. The van der Waals surface area contributed by atoms with Crippen LogP contribution in [0.15, 0.2) is 78.7 Å². The average Bonchev–Trinajstić information content (AvgIpc) is 3.53. The smallest absolute Gasteiger partial charge is 0.224 e. The average molecular weight is 453 g/mol. The number of pyridine rings is 1. The van der Waals surface area contributed by atoms with Crippen molar-refractivity contribution in [3.05, 3.63) is 95.0 Å². The van der Waals surface area contributed by atoms with Crippen LogP contribution in [0.3, 0.4) is 0 Å². The van der Waals surface area contributed by atoms with Gasteiger partial charge in [0.15, 0.2) is 5.60 Å². The van der Waals surface area contributed by atoms with E-state index in [9.17, 15) is 5.11 Å². The van der Waals surface area contributed by atoms with Crippen LogP contribution in [0.1, 0.15) is 23.2 Å². The lowest BCUT2D eigenvalue weighted by Crippen LogP contribution is -2.18. The first kappa shape index (κ1) is 20.8. The lowest BCUT2D eigenvalue weighted by Gasteiger charge is -2.12. The van der Waals surface area contributed by atoms with Crippen molar-refractivity contribution >= 4 is 28.3 Å². The van der Waals surface area contributed by atoms with Crippen LogP contribution in [0.5, 0.6) is 0 Å². The lowest BCUT2D eigenvalue weighted by molar-refractivity contribution is 0.122. The normalized spacial score (nSPS) is 12.7. The maximum absolute atomic E-state index is 10.6. The Balaban J connectivity index is 1.42. The first-order valence-electron chi connectivity index (χ1n) is 10.3. The molecule has 0 bridgehead atoms. The fourth-order valence-electron chi connectivity index (χ4n) is 3.33. The third kappa shape index (κ3) is 4.60. The van der Waals surface area contributed by atoms with Crippen LogP contribution in [0.2, 0.25) is 0 Å². The second kappa shape index (κ2) is 8.82. The summed E-state index contributed by atoms with van der Waals surface area (Å²) >= 11 is 1.36. The molecule has 7 nitrogen and oxygen atoms in total. The van der Waals surface area contributed by atoms with E-state index in [4.69, 9.17) is 4.98 Å². The summed E-state index contributed by atoms with van der Waals surface area (Å²) in [4.78, 5) is 17.6. The van der Waals surface area contributed by atoms with Crippen LogP contribution in [-0.4, -0.2) is 29.6 Å². The van der Waals surface area contributed by atoms with Gasteiger partial charge < -0.3 is 15.0 Å². The van der Waals surface area contributed by atoms with Crippen LogP contribution >= 0.6 is 11.3 Å². The summed E-state index contributed by atoms with van der Waals surface area (Å²) in [6.45, 7) is 2.27. The highest BCUT2D eigenvalue weighted by atomic mass is 32.1. The lowest BCUT2D eigenvalue weighted by atomic mass is 10.1. The second-order valence-electron chi connectivity index (χ2n) is 7.56. The van der Waals surface area contributed by atoms with Gasteiger partial charge >= 0.3 is 0 Å². The third-order valence-corrected chi connectivity index (χ3v) is 6.01. The molecule has 2 N–H and O–H groups in total. The quantitative estimate of drug-likeness (QED) is 0.390. The van der Waals surface area contributed by atoms with Gasteiger partial charge in [0.25, 0.3) is 0 Å². The highest BCUT2D eigenvalue weighted by molar-refractivity contribution is 7.09. The number of nitrogens with zero attached hydrogens (tertiary/aromatic N) is 5. The van der Waals surface area contributed by atoms with E-state index in [1.54, 1.807) is 25.5 Å². The monoisotopic (exact) mass is 452 g/mol. The maximum atomic E-state index is 10.6. The summed E-state index contributed by atoms with van der Waals surface area (Å²) in [6.07, 6.45) is 7.09. The van der Waals surface area contributed by atoms with Crippen molar-refractivity contribution < 1.29 is 5.11 Å². The van der Waals surface area contributed by atoms with E-state index in [0.29, 0.717) is 23.2 Å². The number of anilines is 1. The molecule has 1 unspecified atom stereocenters. The minimum Gasteiger partial charge on any atom is -0.371 e. The minimum absolute atomic E-state index is 0.544. The summed E-state index contributed by atoms with van der Waals surface area (Å²) in [5.74, 6) is 6.40.